The van der Waals surface area contributed by atoms with Crippen LogP contribution in [0.3, 0.4) is 0 Å². The van der Waals surface area contributed by atoms with Crippen molar-refractivity contribution in [1.29, 1.82) is 0 Å². The van der Waals surface area contributed by atoms with E-state index in [-0.39, 0.29) is 23.7 Å². The van der Waals surface area contributed by atoms with E-state index in [1.165, 1.54) is 29.5 Å². The van der Waals surface area contributed by atoms with Crippen LogP contribution in [0.5, 0.6) is 0 Å². The maximum Gasteiger partial charge on any atom is 0.250 e. The summed E-state index contributed by atoms with van der Waals surface area (Å²) in [6, 6.07) is 23.0. The molecule has 6 heteroatoms. The zero-order valence-corrected chi connectivity index (χ0v) is 19.7. The highest BCUT2D eigenvalue weighted by Gasteiger charge is 2.38. The van der Waals surface area contributed by atoms with Crippen LogP contribution in [-0.2, 0) is 4.79 Å². The van der Waals surface area contributed by atoms with E-state index >= 15 is 0 Å². The molecule has 5 rings (SSSR count). The quantitative estimate of drug-likeness (QED) is 0.192. The maximum atomic E-state index is 13.4. The van der Waals surface area contributed by atoms with Gasteiger partial charge in [0, 0.05) is 16.5 Å². The van der Waals surface area contributed by atoms with Crippen LogP contribution in [0.2, 0.25) is 0 Å². The molecule has 1 amide bonds. The van der Waals surface area contributed by atoms with Gasteiger partial charge in [0.1, 0.15) is 5.82 Å². The molecule has 0 aromatic heterocycles. The number of carbonyl (C=O) groups excluding carboxylic acids is 1. The molecule has 172 valence electrons. The topological polar surface area (TPSA) is 53.5 Å². The summed E-state index contributed by atoms with van der Waals surface area (Å²) in [7, 11) is 0. The van der Waals surface area contributed by atoms with Gasteiger partial charge in [-0.3, -0.25) is 4.79 Å². The summed E-state index contributed by atoms with van der Waals surface area (Å²) in [4.78, 5) is 13.3. The second kappa shape index (κ2) is 9.85. The fourth-order valence-corrected chi connectivity index (χ4v) is 5.44. The van der Waals surface area contributed by atoms with Gasteiger partial charge in [0.2, 0.25) is 5.91 Å². The van der Waals surface area contributed by atoms with Crippen LogP contribution >= 0.6 is 11.8 Å². The second-order valence-corrected chi connectivity index (χ2v) is 9.71. The van der Waals surface area contributed by atoms with Crippen molar-refractivity contribution >= 4 is 29.1 Å². The number of amides is 1. The molecule has 1 aliphatic carbocycles. The van der Waals surface area contributed by atoms with Gasteiger partial charge in [0.05, 0.1) is 17.5 Å². The Hall–Kier alpha value is -3.38. The summed E-state index contributed by atoms with van der Waals surface area (Å²) < 4.78 is 13.4. The third-order valence-corrected chi connectivity index (χ3v) is 7.48. The van der Waals surface area contributed by atoms with Crippen molar-refractivity contribution in [2.24, 2.45) is 11.0 Å². The molecule has 1 heterocycles. The van der Waals surface area contributed by atoms with Gasteiger partial charge in [-0.05, 0) is 72.4 Å². The van der Waals surface area contributed by atoms with Gasteiger partial charge in [0.15, 0.2) is 0 Å². The highest BCUT2D eigenvalue weighted by atomic mass is 32.2. The van der Waals surface area contributed by atoms with Gasteiger partial charge in [-0.25, -0.2) is 9.82 Å². The standard InChI is InChI=1S/C28H26FN3OS/c1-18(31-32-27(33)17-34-22-6-3-2-4-7-22)20-12-15-26-25(16-20)23-8-5-9-24(23)28(30-26)19-10-13-21(29)14-11-19/h2-8,10-16,23-24,28,30H,9,17H2,1H3,(H,32,33)/b31-18-/t23-,24+,28+/m1/s1. The van der Waals surface area contributed by atoms with Crippen molar-refractivity contribution in [3.8, 4) is 0 Å². The second-order valence-electron chi connectivity index (χ2n) is 8.66. The van der Waals surface area contributed by atoms with E-state index in [9.17, 15) is 9.18 Å². The van der Waals surface area contributed by atoms with Crippen LogP contribution in [0.1, 0.15) is 42.0 Å². The predicted octanol–water partition coefficient (Wildman–Crippen LogP) is 6.28. The van der Waals surface area contributed by atoms with Crippen LogP contribution in [-0.4, -0.2) is 17.4 Å². The van der Waals surface area contributed by atoms with E-state index in [1.807, 2.05) is 55.5 Å². The summed E-state index contributed by atoms with van der Waals surface area (Å²) >= 11 is 1.49. The maximum absolute atomic E-state index is 13.4. The molecule has 0 fully saturated rings. The molecule has 0 bridgehead atoms. The highest BCUT2D eigenvalue weighted by molar-refractivity contribution is 8.00. The molecule has 0 radical (unpaired) electrons. The van der Waals surface area contributed by atoms with Gasteiger partial charge >= 0.3 is 0 Å². The normalized spacial score (nSPS) is 20.9. The zero-order chi connectivity index (χ0) is 23.5. The third kappa shape index (κ3) is 4.77. The van der Waals surface area contributed by atoms with Crippen LogP contribution in [0.15, 0.2) is 94.9 Å². The molecule has 3 aromatic rings. The van der Waals surface area contributed by atoms with Crippen LogP contribution in [0, 0.1) is 11.7 Å². The molecule has 2 aliphatic rings. The minimum absolute atomic E-state index is 0.131. The molecule has 0 spiro atoms. The van der Waals surface area contributed by atoms with Crippen molar-refractivity contribution in [2.45, 2.75) is 30.2 Å². The summed E-state index contributed by atoms with van der Waals surface area (Å²) in [6.07, 6.45) is 5.49. The average molecular weight is 472 g/mol. The number of thioether (sulfide) groups is 1. The molecule has 4 nitrogen and oxygen atoms in total. The number of nitrogens with zero attached hydrogens (tertiary/aromatic N) is 1. The average Bonchev–Trinajstić information content (AvgIpc) is 3.37. The minimum Gasteiger partial charge on any atom is -0.378 e. The number of hydrogen-bond donors (Lipinski definition) is 2. The third-order valence-electron chi connectivity index (χ3n) is 6.47. The summed E-state index contributed by atoms with van der Waals surface area (Å²) in [5.41, 5.74) is 7.84. The summed E-state index contributed by atoms with van der Waals surface area (Å²) in [5, 5.41) is 8.02. The van der Waals surface area contributed by atoms with Gasteiger partial charge in [0.25, 0.3) is 0 Å². The number of hydrazone groups is 1. The van der Waals surface area contributed by atoms with E-state index in [2.05, 4.69) is 40.1 Å². The van der Waals surface area contributed by atoms with Crippen LogP contribution in [0.4, 0.5) is 10.1 Å². The Morgan fingerprint density at radius 3 is 2.71 bits per heavy atom. The van der Waals surface area contributed by atoms with E-state index in [4.69, 9.17) is 0 Å². The van der Waals surface area contributed by atoms with Crippen molar-refractivity contribution in [3.05, 3.63) is 107 Å². The lowest BCUT2D eigenvalue weighted by atomic mass is 9.76. The molecule has 34 heavy (non-hydrogen) atoms. The van der Waals surface area contributed by atoms with Gasteiger partial charge < -0.3 is 5.32 Å². The van der Waals surface area contributed by atoms with E-state index in [0.717, 1.165) is 33.8 Å². The van der Waals surface area contributed by atoms with E-state index in [1.54, 1.807) is 0 Å². The number of carbonyl (C=O) groups is 1. The number of fused-ring (bicyclic) bond motifs is 3. The number of halogens is 1. The number of anilines is 1. The van der Waals surface area contributed by atoms with E-state index in [0.29, 0.717) is 11.7 Å². The first kappa shape index (κ1) is 22.4. The fraction of sp³-hybridized carbons (Fsp3) is 0.214. The molecule has 0 unspecified atom stereocenters. The molecule has 3 atom stereocenters. The molecular formula is C28H26FN3OS. The van der Waals surface area contributed by atoms with Crippen molar-refractivity contribution < 1.29 is 9.18 Å². The Morgan fingerprint density at radius 1 is 1.12 bits per heavy atom. The number of rotatable bonds is 6. The van der Waals surface area contributed by atoms with Crippen LogP contribution in [0.25, 0.3) is 0 Å². The summed E-state index contributed by atoms with van der Waals surface area (Å²) in [6.45, 7) is 1.91. The first-order valence-corrected chi connectivity index (χ1v) is 12.4. The van der Waals surface area contributed by atoms with Crippen molar-refractivity contribution in [2.75, 3.05) is 11.1 Å². The minimum atomic E-state index is -0.216. The fourth-order valence-electron chi connectivity index (χ4n) is 4.73. The number of hydrogen-bond acceptors (Lipinski definition) is 4. The van der Waals surface area contributed by atoms with Crippen molar-refractivity contribution in [1.82, 2.24) is 5.43 Å². The van der Waals surface area contributed by atoms with Crippen molar-refractivity contribution in [3.63, 3.8) is 0 Å². The highest BCUT2D eigenvalue weighted by Crippen LogP contribution is 2.49. The number of allylic oxidation sites excluding steroid dienone is 2. The Morgan fingerprint density at radius 2 is 1.91 bits per heavy atom. The Labute approximate surface area is 203 Å². The largest absolute Gasteiger partial charge is 0.378 e. The van der Waals surface area contributed by atoms with E-state index < -0.39 is 0 Å². The lowest BCUT2D eigenvalue weighted by Crippen LogP contribution is -2.29. The lowest BCUT2D eigenvalue weighted by molar-refractivity contribution is -0.118. The van der Waals surface area contributed by atoms with Gasteiger partial charge in [-0.1, -0.05) is 48.6 Å². The molecule has 1 aliphatic heterocycles. The van der Waals surface area contributed by atoms with Gasteiger partial charge in [-0.2, -0.15) is 5.10 Å². The monoisotopic (exact) mass is 471 g/mol. The number of nitrogens with one attached hydrogen (secondary N) is 2. The first-order valence-electron chi connectivity index (χ1n) is 11.4. The van der Waals surface area contributed by atoms with Crippen LogP contribution < -0.4 is 10.7 Å². The lowest BCUT2D eigenvalue weighted by Gasteiger charge is -2.37. The molecule has 0 saturated heterocycles. The first-order chi connectivity index (χ1) is 16.6. The number of benzene rings is 3. The molecular weight excluding hydrogens is 445 g/mol. The zero-order valence-electron chi connectivity index (χ0n) is 18.9. The Kier molecular flexibility index (Phi) is 6.50. The Bertz CT molecular complexity index is 1240. The molecule has 0 saturated carbocycles. The summed E-state index contributed by atoms with van der Waals surface area (Å²) in [5.74, 6) is 0.630. The SMILES string of the molecule is C/C(=N/NC(=O)CSc1ccccc1)c1ccc2c(c1)[C@@H]1C=CC[C@@H]1[C@H](c1ccc(F)cc1)N2. The molecule has 2 N–H and O–H groups in total. The Balaban J connectivity index is 1.30. The molecule has 3 aromatic carbocycles. The van der Waals surface area contributed by atoms with Gasteiger partial charge in [-0.15, -0.1) is 11.8 Å². The predicted molar refractivity (Wildman–Crippen MR) is 137 cm³/mol. The smallest absolute Gasteiger partial charge is 0.250 e.